The summed E-state index contributed by atoms with van der Waals surface area (Å²) in [6.07, 6.45) is -4.75. The minimum Gasteiger partial charge on any atom is -0.325 e. The Hall–Kier alpha value is -4.07. The number of nitrogens with one attached hydrogen (secondary N) is 2. The molecule has 0 unspecified atom stereocenters. The maximum Gasteiger partial charge on any atom is 0.416 e. The van der Waals surface area contributed by atoms with Gasteiger partial charge in [0.2, 0.25) is 5.91 Å². The molecule has 1 amide bonds. The van der Waals surface area contributed by atoms with Gasteiger partial charge in [0, 0.05) is 16.4 Å². The van der Waals surface area contributed by atoms with E-state index < -0.39 is 44.2 Å². The van der Waals surface area contributed by atoms with Crippen LogP contribution < -0.4 is 14.3 Å². The van der Waals surface area contributed by atoms with Crippen LogP contribution in [-0.4, -0.2) is 29.3 Å². The van der Waals surface area contributed by atoms with E-state index in [1.165, 1.54) is 72.8 Å². The van der Waals surface area contributed by atoms with Crippen LogP contribution in [0.1, 0.15) is 11.1 Å². The van der Waals surface area contributed by atoms with E-state index in [1.807, 2.05) is 0 Å². The lowest BCUT2D eigenvalue weighted by Crippen LogP contribution is -2.38. The normalized spacial score (nSPS) is 12.0. The molecule has 0 aliphatic heterocycles. The molecule has 42 heavy (non-hydrogen) atoms. The van der Waals surface area contributed by atoms with Crippen LogP contribution in [0, 0.1) is 6.92 Å². The minimum absolute atomic E-state index is 0.122. The molecule has 14 heteroatoms. The molecule has 0 saturated heterocycles. The van der Waals surface area contributed by atoms with Gasteiger partial charge in [-0.2, -0.15) is 13.2 Å². The molecule has 220 valence electrons. The lowest BCUT2D eigenvalue weighted by molar-refractivity contribution is -0.137. The van der Waals surface area contributed by atoms with Crippen molar-refractivity contribution in [2.24, 2.45) is 0 Å². The molecule has 4 aromatic carbocycles. The third-order valence-electron chi connectivity index (χ3n) is 5.90. The Bertz CT molecular complexity index is 1800. The Morgan fingerprint density at radius 1 is 0.810 bits per heavy atom. The fraction of sp³-hybridized carbons (Fsp3) is 0.107. The smallest absolute Gasteiger partial charge is 0.325 e. The first-order chi connectivity index (χ1) is 19.6. The van der Waals surface area contributed by atoms with Gasteiger partial charge in [-0.15, -0.1) is 0 Å². The highest BCUT2D eigenvalue weighted by Gasteiger charge is 2.33. The molecular formula is C28H23ClF3N3O5S2. The maximum atomic E-state index is 13.5. The van der Waals surface area contributed by atoms with Crippen molar-refractivity contribution in [3.8, 4) is 0 Å². The van der Waals surface area contributed by atoms with Gasteiger partial charge in [0.05, 0.1) is 21.0 Å². The summed E-state index contributed by atoms with van der Waals surface area (Å²) in [6, 6.07) is 20.3. The summed E-state index contributed by atoms with van der Waals surface area (Å²) in [5, 5.41) is 2.88. The monoisotopic (exact) mass is 637 g/mol. The molecule has 0 aliphatic carbocycles. The highest BCUT2D eigenvalue weighted by atomic mass is 35.5. The Labute approximate surface area is 245 Å². The summed E-state index contributed by atoms with van der Waals surface area (Å²) >= 11 is 5.82. The van der Waals surface area contributed by atoms with E-state index in [2.05, 4.69) is 10.0 Å². The summed E-state index contributed by atoms with van der Waals surface area (Å²) in [7, 11) is -8.45. The number of halogens is 4. The Morgan fingerprint density at radius 3 is 1.98 bits per heavy atom. The first-order valence-electron chi connectivity index (χ1n) is 12.1. The third kappa shape index (κ3) is 7.41. The van der Waals surface area contributed by atoms with Crippen molar-refractivity contribution in [3.05, 3.63) is 113 Å². The molecule has 0 spiro atoms. The van der Waals surface area contributed by atoms with E-state index in [1.54, 1.807) is 6.92 Å². The second-order valence-corrected chi connectivity index (χ2v) is 13.0. The van der Waals surface area contributed by atoms with Crippen LogP contribution in [-0.2, 0) is 31.0 Å². The van der Waals surface area contributed by atoms with E-state index >= 15 is 0 Å². The van der Waals surface area contributed by atoms with E-state index in [4.69, 9.17) is 11.6 Å². The molecule has 0 radical (unpaired) electrons. The van der Waals surface area contributed by atoms with Gasteiger partial charge in [-0.05, 0) is 85.8 Å². The fourth-order valence-electron chi connectivity index (χ4n) is 3.77. The number of hydrogen-bond acceptors (Lipinski definition) is 5. The standard InChI is InChI=1S/C28H23ClF3N3O5S2/c1-19-5-13-26(14-6-19)42(39,40)35(24-4-2-3-20(17-24)28(30,31)32)18-27(36)33-22-11-15-25(16-12-22)41(37,38)34-23-9-7-21(29)8-10-23/h2-17,34H,18H2,1H3,(H,33,36). The van der Waals surface area contributed by atoms with Crippen molar-refractivity contribution in [1.82, 2.24) is 0 Å². The molecule has 8 nitrogen and oxygen atoms in total. The quantitative estimate of drug-likeness (QED) is 0.224. The average molecular weight is 638 g/mol. The predicted molar refractivity (Wildman–Crippen MR) is 154 cm³/mol. The molecular weight excluding hydrogens is 615 g/mol. The van der Waals surface area contributed by atoms with Gasteiger partial charge in [-0.25, -0.2) is 16.8 Å². The summed E-state index contributed by atoms with van der Waals surface area (Å²) in [5.74, 6) is -0.877. The zero-order valence-electron chi connectivity index (χ0n) is 21.8. The van der Waals surface area contributed by atoms with Gasteiger partial charge in [-0.1, -0.05) is 35.4 Å². The number of anilines is 3. The van der Waals surface area contributed by atoms with Crippen molar-refractivity contribution < 1.29 is 34.8 Å². The number of carbonyl (C=O) groups is 1. The van der Waals surface area contributed by atoms with Gasteiger partial charge in [0.15, 0.2) is 0 Å². The van der Waals surface area contributed by atoms with Crippen LogP contribution in [0.5, 0.6) is 0 Å². The number of carbonyl (C=O) groups excluding carboxylic acids is 1. The third-order valence-corrected chi connectivity index (χ3v) is 9.34. The van der Waals surface area contributed by atoms with Crippen LogP contribution in [0.3, 0.4) is 0 Å². The second kappa shape index (κ2) is 12.0. The van der Waals surface area contributed by atoms with Crippen molar-refractivity contribution in [1.29, 1.82) is 0 Å². The lowest BCUT2D eigenvalue weighted by Gasteiger charge is -2.25. The molecule has 4 rings (SSSR count). The number of nitrogens with zero attached hydrogens (tertiary/aromatic N) is 1. The van der Waals surface area contributed by atoms with Crippen molar-refractivity contribution in [2.45, 2.75) is 22.9 Å². The van der Waals surface area contributed by atoms with Crippen LogP contribution in [0.25, 0.3) is 0 Å². The SMILES string of the molecule is Cc1ccc(S(=O)(=O)N(CC(=O)Nc2ccc(S(=O)(=O)Nc3ccc(Cl)cc3)cc2)c2cccc(C(F)(F)F)c2)cc1. The molecule has 0 atom stereocenters. The van der Waals surface area contributed by atoms with E-state index in [9.17, 15) is 34.8 Å². The van der Waals surface area contributed by atoms with Crippen LogP contribution in [0.4, 0.5) is 30.2 Å². The van der Waals surface area contributed by atoms with Gasteiger partial charge >= 0.3 is 6.18 Å². The number of sulfonamides is 2. The van der Waals surface area contributed by atoms with Gasteiger partial charge in [0.1, 0.15) is 6.54 Å². The molecule has 4 aromatic rings. The molecule has 0 bridgehead atoms. The number of hydrogen-bond donors (Lipinski definition) is 2. The number of alkyl halides is 3. The first kappa shape index (κ1) is 30.9. The molecule has 0 fully saturated rings. The molecule has 0 heterocycles. The second-order valence-electron chi connectivity index (χ2n) is 9.06. The van der Waals surface area contributed by atoms with Crippen molar-refractivity contribution in [2.75, 3.05) is 20.9 Å². The van der Waals surface area contributed by atoms with E-state index in [-0.39, 0.29) is 26.9 Å². The Kier molecular flexibility index (Phi) is 8.85. The highest BCUT2D eigenvalue weighted by Crippen LogP contribution is 2.33. The number of aryl methyl sites for hydroxylation is 1. The topological polar surface area (TPSA) is 113 Å². The largest absolute Gasteiger partial charge is 0.416 e. The minimum atomic E-state index is -4.75. The first-order valence-corrected chi connectivity index (χ1v) is 15.4. The summed E-state index contributed by atoms with van der Waals surface area (Å²) in [5.41, 5.74) is -0.293. The van der Waals surface area contributed by atoms with Crippen LogP contribution in [0.2, 0.25) is 5.02 Å². The molecule has 0 aliphatic rings. The van der Waals surface area contributed by atoms with Crippen molar-refractivity contribution >= 4 is 54.6 Å². The summed E-state index contributed by atoms with van der Waals surface area (Å²) in [6.45, 7) is 0.869. The van der Waals surface area contributed by atoms with E-state index in [0.29, 0.717) is 15.4 Å². The van der Waals surface area contributed by atoms with Gasteiger partial charge in [0.25, 0.3) is 20.0 Å². The maximum absolute atomic E-state index is 13.5. The zero-order valence-corrected chi connectivity index (χ0v) is 24.2. The average Bonchev–Trinajstić information content (AvgIpc) is 2.93. The number of benzene rings is 4. The van der Waals surface area contributed by atoms with E-state index in [0.717, 1.165) is 23.8 Å². The lowest BCUT2D eigenvalue weighted by atomic mass is 10.2. The Morgan fingerprint density at radius 2 is 1.38 bits per heavy atom. The van der Waals surface area contributed by atoms with Gasteiger partial charge < -0.3 is 5.32 Å². The zero-order chi connectivity index (χ0) is 30.7. The molecule has 0 saturated carbocycles. The predicted octanol–water partition coefficient (Wildman–Crippen LogP) is 6.30. The Balaban J connectivity index is 1.57. The number of rotatable bonds is 9. The molecule has 0 aromatic heterocycles. The number of amides is 1. The fourth-order valence-corrected chi connectivity index (χ4v) is 6.37. The molecule has 2 N–H and O–H groups in total. The summed E-state index contributed by atoms with van der Waals surface area (Å²) in [4.78, 5) is 12.6. The highest BCUT2D eigenvalue weighted by molar-refractivity contribution is 7.93. The summed E-state index contributed by atoms with van der Waals surface area (Å²) < 4.78 is 95.6. The van der Waals surface area contributed by atoms with Crippen LogP contribution >= 0.6 is 11.6 Å². The van der Waals surface area contributed by atoms with Crippen molar-refractivity contribution in [3.63, 3.8) is 0 Å². The van der Waals surface area contributed by atoms with Crippen LogP contribution in [0.15, 0.2) is 107 Å². The van der Waals surface area contributed by atoms with Gasteiger partial charge in [-0.3, -0.25) is 13.8 Å².